The van der Waals surface area contributed by atoms with Gasteiger partial charge in [-0.15, -0.1) is 0 Å². The molecule has 1 aliphatic heterocycles. The van der Waals surface area contributed by atoms with Gasteiger partial charge < -0.3 is 11.1 Å². The molecule has 3 rings (SSSR count). The molecule has 25 heavy (non-hydrogen) atoms. The average Bonchev–Trinajstić information content (AvgIpc) is 3.20. The van der Waals surface area contributed by atoms with Gasteiger partial charge in [0.1, 0.15) is 12.4 Å². The highest BCUT2D eigenvalue weighted by Gasteiger charge is 2.24. The van der Waals surface area contributed by atoms with E-state index in [1.807, 2.05) is 31.2 Å². The van der Waals surface area contributed by atoms with Crippen LogP contribution in [0.1, 0.15) is 30.1 Å². The van der Waals surface area contributed by atoms with Gasteiger partial charge in [-0.1, -0.05) is 23.7 Å². The SMILES string of the molecule is Cc1cc(N)n(CC(=O)NCC(c2ccc(Cl)cc2)N2CCCC2)n1. The summed E-state index contributed by atoms with van der Waals surface area (Å²) in [6, 6.07) is 9.77. The van der Waals surface area contributed by atoms with Gasteiger partial charge in [-0.05, 0) is 50.6 Å². The minimum atomic E-state index is -0.0899. The Hall–Kier alpha value is -2.05. The third-order valence-electron chi connectivity index (χ3n) is 4.56. The molecule has 3 N–H and O–H groups in total. The van der Waals surface area contributed by atoms with Gasteiger partial charge in [-0.25, -0.2) is 4.68 Å². The van der Waals surface area contributed by atoms with Crippen molar-refractivity contribution in [3.05, 3.63) is 46.6 Å². The number of likely N-dealkylation sites (tertiary alicyclic amines) is 1. The smallest absolute Gasteiger partial charge is 0.241 e. The molecular formula is C18H24ClN5O. The molecule has 1 atom stereocenters. The number of nitrogens with one attached hydrogen (secondary N) is 1. The zero-order valence-corrected chi connectivity index (χ0v) is 15.2. The summed E-state index contributed by atoms with van der Waals surface area (Å²) in [5.74, 6) is 0.411. The van der Waals surface area contributed by atoms with E-state index in [0.29, 0.717) is 12.4 Å². The summed E-state index contributed by atoms with van der Waals surface area (Å²) in [7, 11) is 0. The van der Waals surface area contributed by atoms with Gasteiger partial charge in [-0.3, -0.25) is 9.69 Å². The number of carbonyl (C=O) groups is 1. The number of nitrogen functional groups attached to an aromatic ring is 1. The number of aryl methyl sites for hydroxylation is 1. The Balaban J connectivity index is 1.64. The number of anilines is 1. The zero-order chi connectivity index (χ0) is 17.8. The second-order valence-electron chi connectivity index (χ2n) is 6.48. The highest BCUT2D eigenvalue weighted by molar-refractivity contribution is 6.30. The minimum Gasteiger partial charge on any atom is -0.384 e. The lowest BCUT2D eigenvalue weighted by Gasteiger charge is -2.28. The Kier molecular flexibility index (Phi) is 5.60. The highest BCUT2D eigenvalue weighted by atomic mass is 35.5. The van der Waals surface area contributed by atoms with Crippen molar-refractivity contribution in [3.63, 3.8) is 0 Å². The van der Waals surface area contributed by atoms with Gasteiger partial charge in [0.15, 0.2) is 0 Å². The van der Waals surface area contributed by atoms with Crippen LogP contribution in [-0.4, -0.2) is 40.2 Å². The molecule has 0 saturated carbocycles. The Morgan fingerprint density at radius 1 is 1.32 bits per heavy atom. The minimum absolute atomic E-state index is 0.0899. The Morgan fingerprint density at radius 2 is 2.00 bits per heavy atom. The predicted molar refractivity (Wildman–Crippen MR) is 99.4 cm³/mol. The molecule has 1 aromatic heterocycles. The molecule has 0 bridgehead atoms. The van der Waals surface area contributed by atoms with E-state index in [4.69, 9.17) is 17.3 Å². The number of amides is 1. The van der Waals surface area contributed by atoms with Gasteiger partial charge in [0, 0.05) is 17.6 Å². The summed E-state index contributed by atoms with van der Waals surface area (Å²) in [5.41, 5.74) is 7.82. The Morgan fingerprint density at radius 3 is 2.60 bits per heavy atom. The summed E-state index contributed by atoms with van der Waals surface area (Å²) in [6.07, 6.45) is 2.39. The first kappa shape index (κ1) is 17.8. The van der Waals surface area contributed by atoms with Crippen LogP contribution in [0.3, 0.4) is 0 Å². The number of benzene rings is 1. The molecule has 2 heterocycles. The van der Waals surface area contributed by atoms with E-state index < -0.39 is 0 Å². The van der Waals surface area contributed by atoms with Crippen molar-refractivity contribution in [2.24, 2.45) is 0 Å². The van der Waals surface area contributed by atoms with Crippen LogP contribution in [0.2, 0.25) is 5.02 Å². The van der Waals surface area contributed by atoms with E-state index in [1.54, 1.807) is 6.07 Å². The summed E-state index contributed by atoms with van der Waals surface area (Å²) >= 11 is 6.01. The number of carbonyl (C=O) groups excluding carboxylic acids is 1. The van der Waals surface area contributed by atoms with Gasteiger partial charge in [-0.2, -0.15) is 5.10 Å². The predicted octanol–water partition coefficient (Wildman–Crippen LogP) is 2.38. The van der Waals surface area contributed by atoms with Crippen LogP contribution in [0, 0.1) is 6.92 Å². The van der Waals surface area contributed by atoms with Crippen molar-refractivity contribution in [1.82, 2.24) is 20.0 Å². The van der Waals surface area contributed by atoms with Gasteiger partial charge >= 0.3 is 0 Å². The summed E-state index contributed by atoms with van der Waals surface area (Å²) in [5, 5.41) is 7.98. The maximum Gasteiger partial charge on any atom is 0.241 e. The third kappa shape index (κ3) is 4.52. The molecule has 0 radical (unpaired) electrons. The molecule has 0 aliphatic carbocycles. The van der Waals surface area contributed by atoms with Crippen LogP contribution in [0.5, 0.6) is 0 Å². The second-order valence-corrected chi connectivity index (χ2v) is 6.92. The number of nitrogens with two attached hydrogens (primary N) is 1. The molecular weight excluding hydrogens is 338 g/mol. The summed E-state index contributed by atoms with van der Waals surface area (Å²) < 4.78 is 1.53. The topological polar surface area (TPSA) is 76.2 Å². The van der Waals surface area contributed by atoms with Crippen molar-refractivity contribution in [2.75, 3.05) is 25.4 Å². The molecule has 7 heteroatoms. The van der Waals surface area contributed by atoms with E-state index in [0.717, 1.165) is 23.8 Å². The van der Waals surface area contributed by atoms with E-state index in [2.05, 4.69) is 15.3 Å². The summed E-state index contributed by atoms with van der Waals surface area (Å²) in [4.78, 5) is 14.7. The number of hydrogen-bond acceptors (Lipinski definition) is 4. The fourth-order valence-corrected chi connectivity index (χ4v) is 3.42. The number of rotatable bonds is 6. The standard InChI is InChI=1S/C18H24ClN5O/c1-13-10-17(20)24(22-13)12-18(25)21-11-16(23-8-2-3-9-23)14-4-6-15(19)7-5-14/h4-7,10,16H,2-3,8-9,11-12,20H2,1H3,(H,21,25). The van der Waals surface area contributed by atoms with Crippen molar-refractivity contribution < 1.29 is 4.79 Å². The highest BCUT2D eigenvalue weighted by Crippen LogP contribution is 2.25. The third-order valence-corrected chi connectivity index (χ3v) is 4.81. The van der Waals surface area contributed by atoms with Crippen molar-refractivity contribution >= 4 is 23.3 Å². The lowest BCUT2D eigenvalue weighted by molar-refractivity contribution is -0.122. The van der Waals surface area contributed by atoms with E-state index in [9.17, 15) is 4.79 Å². The van der Waals surface area contributed by atoms with Crippen LogP contribution in [-0.2, 0) is 11.3 Å². The number of halogens is 1. The maximum atomic E-state index is 12.3. The molecule has 6 nitrogen and oxygen atoms in total. The van der Waals surface area contributed by atoms with Crippen LogP contribution in [0.25, 0.3) is 0 Å². The average molecular weight is 362 g/mol. The molecule has 1 saturated heterocycles. The molecule has 134 valence electrons. The molecule has 1 amide bonds. The zero-order valence-electron chi connectivity index (χ0n) is 14.4. The van der Waals surface area contributed by atoms with Crippen LogP contribution in [0.15, 0.2) is 30.3 Å². The van der Waals surface area contributed by atoms with Crippen LogP contribution in [0.4, 0.5) is 5.82 Å². The monoisotopic (exact) mass is 361 g/mol. The molecule has 1 unspecified atom stereocenters. The molecule has 1 aromatic carbocycles. The normalized spacial score (nSPS) is 16.1. The van der Waals surface area contributed by atoms with Crippen molar-refractivity contribution in [3.8, 4) is 0 Å². The van der Waals surface area contributed by atoms with Gasteiger partial charge in [0.25, 0.3) is 0 Å². The van der Waals surface area contributed by atoms with Crippen molar-refractivity contribution in [1.29, 1.82) is 0 Å². The summed E-state index contributed by atoms with van der Waals surface area (Å²) in [6.45, 7) is 4.64. The van der Waals surface area contributed by atoms with Crippen LogP contribution >= 0.6 is 11.6 Å². The van der Waals surface area contributed by atoms with Gasteiger partial charge in [0.05, 0.1) is 11.7 Å². The van der Waals surface area contributed by atoms with E-state index in [-0.39, 0.29) is 18.5 Å². The molecule has 0 spiro atoms. The number of hydrogen-bond donors (Lipinski definition) is 2. The van der Waals surface area contributed by atoms with E-state index in [1.165, 1.54) is 23.1 Å². The van der Waals surface area contributed by atoms with Crippen molar-refractivity contribution in [2.45, 2.75) is 32.4 Å². The largest absolute Gasteiger partial charge is 0.384 e. The maximum absolute atomic E-state index is 12.3. The van der Waals surface area contributed by atoms with Gasteiger partial charge in [0.2, 0.25) is 5.91 Å². The quantitative estimate of drug-likeness (QED) is 0.828. The Bertz CT molecular complexity index is 722. The number of aromatic nitrogens is 2. The molecule has 2 aromatic rings. The first-order valence-corrected chi connectivity index (χ1v) is 8.97. The first-order valence-electron chi connectivity index (χ1n) is 8.59. The fraction of sp³-hybridized carbons (Fsp3) is 0.444. The number of nitrogens with zero attached hydrogens (tertiary/aromatic N) is 3. The van der Waals surface area contributed by atoms with E-state index >= 15 is 0 Å². The lowest BCUT2D eigenvalue weighted by atomic mass is 10.1. The second kappa shape index (κ2) is 7.89. The Labute approximate surface area is 152 Å². The first-order chi connectivity index (χ1) is 12.0. The van der Waals surface area contributed by atoms with Crippen LogP contribution < -0.4 is 11.1 Å². The molecule has 1 aliphatic rings. The molecule has 1 fully saturated rings. The fourth-order valence-electron chi connectivity index (χ4n) is 3.29. The lowest BCUT2D eigenvalue weighted by Crippen LogP contribution is -2.38.